The average molecular weight is 647 g/mol. The van der Waals surface area contributed by atoms with Gasteiger partial charge in [0.1, 0.15) is 0 Å². The van der Waals surface area contributed by atoms with Crippen molar-refractivity contribution in [2.75, 3.05) is 0 Å². The van der Waals surface area contributed by atoms with Crippen LogP contribution in [0, 0.1) is 0 Å². The van der Waals surface area contributed by atoms with E-state index in [1.54, 1.807) is 0 Å². The van der Waals surface area contributed by atoms with Crippen LogP contribution in [0.4, 0.5) is 0 Å². The van der Waals surface area contributed by atoms with Gasteiger partial charge in [0.05, 0.1) is 22.1 Å². The first-order valence-corrected chi connectivity index (χ1v) is 19.2. The number of hydrogen-bond donors (Lipinski definition) is 0. The molecule has 3 heteroatoms. The summed E-state index contributed by atoms with van der Waals surface area (Å²) in [6, 6.07) is 65.3. The van der Waals surface area contributed by atoms with E-state index >= 15 is 0 Å². The summed E-state index contributed by atoms with van der Waals surface area (Å²) in [5, 5.41) is 9.44. The minimum atomic E-state index is -2.51. The van der Waals surface area contributed by atoms with Crippen molar-refractivity contribution in [2.24, 2.45) is 0 Å². The zero-order chi connectivity index (χ0) is 33.2. The van der Waals surface area contributed by atoms with Crippen molar-refractivity contribution in [1.29, 1.82) is 0 Å². The van der Waals surface area contributed by atoms with E-state index in [9.17, 15) is 0 Å². The number of fused-ring (bicyclic) bond motifs is 6. The number of para-hydroxylation sites is 3. The Bertz CT molecular complexity index is 2590. The zero-order valence-electron chi connectivity index (χ0n) is 28.1. The van der Waals surface area contributed by atoms with E-state index in [0.717, 1.165) is 5.69 Å². The number of hydrogen-bond acceptors (Lipinski definition) is 0. The van der Waals surface area contributed by atoms with Gasteiger partial charge < -0.3 is 9.13 Å². The lowest BCUT2D eigenvalue weighted by atomic mass is 10.1. The Morgan fingerprint density at radius 2 is 0.816 bits per heavy atom. The lowest BCUT2D eigenvalue weighted by molar-refractivity contribution is 0.739. The molecular formula is C46H38N2Si. The van der Waals surface area contributed by atoms with Gasteiger partial charge in [0, 0.05) is 32.9 Å². The number of benzene rings is 7. The van der Waals surface area contributed by atoms with Crippen LogP contribution >= 0.6 is 0 Å². The Balaban J connectivity index is 1.34. The van der Waals surface area contributed by atoms with Crippen molar-refractivity contribution in [2.45, 2.75) is 25.8 Å². The maximum Gasteiger partial charge on any atom is 0.153 e. The summed E-state index contributed by atoms with van der Waals surface area (Å²) in [5.74, 6) is 0. The Kier molecular flexibility index (Phi) is 6.75. The van der Waals surface area contributed by atoms with E-state index in [1.165, 1.54) is 64.9 Å². The molecule has 2 nitrogen and oxygen atoms in total. The van der Waals surface area contributed by atoms with Crippen molar-refractivity contribution in [3.8, 4) is 11.4 Å². The summed E-state index contributed by atoms with van der Waals surface area (Å²) in [5.41, 5.74) is 7.21. The fourth-order valence-corrected chi connectivity index (χ4v) is 14.3. The molecule has 0 aliphatic rings. The van der Waals surface area contributed by atoms with Crippen LogP contribution in [0.5, 0.6) is 0 Å². The first-order chi connectivity index (χ1) is 24.0. The Hall–Kier alpha value is -5.64. The quantitative estimate of drug-likeness (QED) is 0.130. The van der Waals surface area contributed by atoms with Crippen molar-refractivity contribution in [3.63, 3.8) is 0 Å². The molecule has 0 aliphatic carbocycles. The van der Waals surface area contributed by atoms with E-state index in [2.05, 4.69) is 206 Å². The Labute approximate surface area is 288 Å². The molecule has 0 saturated heterocycles. The van der Waals surface area contributed by atoms with Crippen molar-refractivity contribution < 1.29 is 0 Å². The maximum atomic E-state index is 2.53. The monoisotopic (exact) mass is 646 g/mol. The molecule has 9 rings (SSSR count). The smallest absolute Gasteiger partial charge is 0.153 e. The molecule has 0 bridgehead atoms. The predicted molar refractivity (Wildman–Crippen MR) is 212 cm³/mol. The third kappa shape index (κ3) is 4.39. The summed E-state index contributed by atoms with van der Waals surface area (Å²) in [6.07, 6.45) is 0. The number of rotatable bonds is 5. The molecule has 236 valence electrons. The first-order valence-electron chi connectivity index (χ1n) is 17.2. The van der Waals surface area contributed by atoms with Crippen LogP contribution in [0.15, 0.2) is 176 Å². The molecule has 0 N–H and O–H groups in total. The molecule has 0 radical (unpaired) electrons. The van der Waals surface area contributed by atoms with E-state index in [-0.39, 0.29) is 5.04 Å². The second-order valence-electron chi connectivity index (χ2n) is 14.2. The third-order valence-corrected chi connectivity index (χ3v) is 16.4. The summed E-state index contributed by atoms with van der Waals surface area (Å²) < 4.78 is 4.87. The van der Waals surface area contributed by atoms with Gasteiger partial charge in [-0.3, -0.25) is 0 Å². The highest BCUT2D eigenvalue weighted by molar-refractivity contribution is 7.13. The van der Waals surface area contributed by atoms with E-state index in [0.29, 0.717) is 0 Å². The van der Waals surface area contributed by atoms with Crippen molar-refractivity contribution in [3.05, 3.63) is 176 Å². The molecule has 9 aromatic rings. The van der Waals surface area contributed by atoms with Gasteiger partial charge in [-0.05, 0) is 63.1 Å². The molecule has 2 aromatic heterocycles. The summed E-state index contributed by atoms with van der Waals surface area (Å²) in [6.45, 7) is 7.31. The van der Waals surface area contributed by atoms with E-state index in [1.807, 2.05) is 0 Å². The van der Waals surface area contributed by atoms with Gasteiger partial charge in [0.2, 0.25) is 0 Å². The maximum absolute atomic E-state index is 2.53. The highest BCUT2D eigenvalue weighted by Crippen LogP contribution is 2.39. The predicted octanol–water partition coefficient (Wildman–Crippen LogP) is 10.2. The summed E-state index contributed by atoms with van der Waals surface area (Å²) in [4.78, 5) is 0. The second-order valence-corrected chi connectivity index (χ2v) is 18.9. The summed E-state index contributed by atoms with van der Waals surface area (Å²) in [7, 11) is -2.51. The molecule has 0 saturated carbocycles. The zero-order valence-corrected chi connectivity index (χ0v) is 29.1. The van der Waals surface area contributed by atoms with Crippen LogP contribution in [0.3, 0.4) is 0 Å². The Morgan fingerprint density at radius 3 is 1.41 bits per heavy atom. The molecule has 0 spiro atoms. The molecule has 7 aromatic carbocycles. The van der Waals surface area contributed by atoms with E-state index in [4.69, 9.17) is 0 Å². The highest BCUT2D eigenvalue weighted by atomic mass is 28.3. The minimum Gasteiger partial charge on any atom is -0.309 e. The molecule has 49 heavy (non-hydrogen) atoms. The Morgan fingerprint density at radius 1 is 0.347 bits per heavy atom. The van der Waals surface area contributed by atoms with Crippen molar-refractivity contribution >= 4 is 67.2 Å². The van der Waals surface area contributed by atoms with Crippen LogP contribution in [-0.4, -0.2) is 17.2 Å². The van der Waals surface area contributed by atoms with Crippen LogP contribution in [0.1, 0.15) is 20.8 Å². The van der Waals surface area contributed by atoms with Gasteiger partial charge in [-0.15, -0.1) is 0 Å². The lowest BCUT2D eigenvalue weighted by Gasteiger charge is -2.44. The molecule has 2 heterocycles. The topological polar surface area (TPSA) is 9.86 Å². The minimum absolute atomic E-state index is 0.0115. The molecule has 0 amide bonds. The van der Waals surface area contributed by atoms with Crippen LogP contribution < -0.4 is 15.6 Å². The van der Waals surface area contributed by atoms with Crippen molar-refractivity contribution in [1.82, 2.24) is 9.13 Å². The molecule has 0 aliphatic heterocycles. The van der Waals surface area contributed by atoms with E-state index < -0.39 is 8.07 Å². The number of nitrogens with zero attached hydrogens (tertiary/aromatic N) is 2. The molecule has 0 unspecified atom stereocenters. The molecular weight excluding hydrogens is 609 g/mol. The third-order valence-electron chi connectivity index (χ3n) is 10.6. The SMILES string of the molecule is CC(C)(C)[Si](c1ccccc1)(c1ccccc1)c1ccc2c(c1)c1ccccc1n2-c1ccc2c3ccccc3n(-c3ccccc3)c2c1. The largest absolute Gasteiger partial charge is 0.309 e. The average Bonchev–Trinajstić information content (AvgIpc) is 3.65. The van der Waals surface area contributed by atoms with Gasteiger partial charge in [-0.1, -0.05) is 154 Å². The normalized spacial score (nSPS) is 12.4. The first kappa shape index (κ1) is 29.5. The highest BCUT2D eigenvalue weighted by Gasteiger charge is 2.49. The van der Waals surface area contributed by atoms with Gasteiger partial charge in [0.25, 0.3) is 0 Å². The number of aromatic nitrogens is 2. The standard InChI is InChI=1S/C46H38N2Si/c1-46(2,3)49(35-19-9-5-10-20-35,36-21-11-6-12-22-36)37-28-30-44-41(32-37)39-24-14-16-26-43(39)48(44)34-27-29-40-38-23-13-15-25-42(38)47(45(40)31-34)33-17-7-4-8-18-33/h4-32H,1-3H3. The van der Waals surface area contributed by atoms with Gasteiger partial charge in [-0.2, -0.15) is 0 Å². The van der Waals surface area contributed by atoms with Gasteiger partial charge in [-0.25, -0.2) is 0 Å². The molecule has 0 fully saturated rings. The second kappa shape index (κ2) is 11.2. The van der Waals surface area contributed by atoms with Crippen LogP contribution in [0.25, 0.3) is 55.0 Å². The van der Waals surface area contributed by atoms with Crippen LogP contribution in [-0.2, 0) is 0 Å². The lowest BCUT2D eigenvalue weighted by Crippen LogP contribution is -2.72. The fourth-order valence-electron chi connectivity index (χ4n) is 8.61. The summed E-state index contributed by atoms with van der Waals surface area (Å²) >= 11 is 0. The van der Waals surface area contributed by atoms with Crippen LogP contribution in [0.2, 0.25) is 5.04 Å². The van der Waals surface area contributed by atoms with Gasteiger partial charge in [0.15, 0.2) is 8.07 Å². The van der Waals surface area contributed by atoms with Gasteiger partial charge >= 0.3 is 0 Å². The fraction of sp³-hybridized carbons (Fsp3) is 0.0870. The molecule has 0 atom stereocenters.